The minimum Gasteiger partial charge on any atom is -0.480 e. The van der Waals surface area contributed by atoms with Crippen LogP contribution in [0.3, 0.4) is 0 Å². The molecule has 0 unspecified atom stereocenters. The monoisotopic (exact) mass is 853 g/mol. The molecule has 0 saturated heterocycles. The molecular formula is C44H61F2N7O8. The summed E-state index contributed by atoms with van der Waals surface area (Å²) in [6.45, 7) is 6.93. The number of carboxylic acids is 1. The predicted octanol–water partition coefficient (Wildman–Crippen LogP) is 3.56. The number of nitrogens with zero attached hydrogens (tertiary/aromatic N) is 2. The molecule has 61 heavy (non-hydrogen) atoms. The molecule has 1 aromatic heterocycles. The molecule has 0 radical (unpaired) electrons. The van der Waals surface area contributed by atoms with E-state index in [1.54, 1.807) is 12.3 Å². The van der Waals surface area contributed by atoms with Crippen molar-refractivity contribution < 1.29 is 47.8 Å². The number of halogens is 2. The fraction of sp³-hybridized carbons (Fsp3) is 0.500. The zero-order chi connectivity index (χ0) is 45.3. The lowest BCUT2D eigenvalue weighted by molar-refractivity contribution is -0.140. The number of carbonyl (C=O) groups excluding carboxylic acids is 5. The average Bonchev–Trinajstić information content (AvgIpc) is 3.61. The van der Waals surface area contributed by atoms with E-state index in [9.17, 15) is 38.3 Å². The van der Waals surface area contributed by atoms with Crippen LogP contribution in [-0.2, 0) is 35.3 Å². The van der Waals surface area contributed by atoms with Crippen molar-refractivity contribution in [3.63, 3.8) is 0 Å². The number of unbranched alkanes of at least 4 members (excludes halogenated alkanes) is 1. The molecule has 0 aliphatic rings. The first-order valence-corrected chi connectivity index (χ1v) is 20.5. The molecule has 9 N–H and O–H groups in total. The number of aliphatic hydroxyl groups excluding tert-OH is 1. The van der Waals surface area contributed by atoms with Crippen LogP contribution in [0.25, 0.3) is 11.1 Å². The van der Waals surface area contributed by atoms with Gasteiger partial charge in [-0.05, 0) is 73.8 Å². The maximum Gasteiger partial charge on any atom is 0.320 e. The van der Waals surface area contributed by atoms with Gasteiger partial charge in [-0.2, -0.15) is 0 Å². The highest BCUT2D eigenvalue weighted by Gasteiger charge is 2.37. The summed E-state index contributed by atoms with van der Waals surface area (Å²) < 4.78 is 31.3. The molecule has 15 nitrogen and oxygen atoms in total. The van der Waals surface area contributed by atoms with Crippen LogP contribution >= 0.6 is 0 Å². The first-order valence-electron chi connectivity index (χ1n) is 20.5. The van der Waals surface area contributed by atoms with E-state index in [2.05, 4.69) is 16.0 Å². The molecule has 0 bridgehead atoms. The molecule has 4 amide bonds. The number of amides is 4. The molecule has 334 valence electrons. The number of aliphatic carboxylic acids is 1. The second-order valence-electron chi connectivity index (χ2n) is 16.2. The number of nitrogens with one attached hydrogen (secondary N) is 3. The lowest BCUT2D eigenvalue weighted by Gasteiger charge is -2.41. The van der Waals surface area contributed by atoms with Crippen molar-refractivity contribution in [2.75, 3.05) is 26.2 Å². The van der Waals surface area contributed by atoms with E-state index in [1.165, 1.54) is 11.8 Å². The zero-order valence-corrected chi connectivity index (χ0v) is 35.4. The van der Waals surface area contributed by atoms with Gasteiger partial charge in [-0.3, -0.25) is 28.8 Å². The van der Waals surface area contributed by atoms with Crippen molar-refractivity contribution >= 4 is 35.4 Å². The molecule has 0 aliphatic heterocycles. The molecule has 3 aromatic rings. The summed E-state index contributed by atoms with van der Waals surface area (Å²) in [6.07, 6.45) is 3.36. The maximum absolute atomic E-state index is 15.1. The first kappa shape index (κ1) is 49.8. The number of benzene rings is 2. The molecule has 1 heterocycles. The number of Topliss-reactive ketones (excluding diaryl/α,β-unsaturated/α-hetero) is 1. The molecule has 0 saturated carbocycles. The van der Waals surface area contributed by atoms with Crippen LogP contribution in [0.5, 0.6) is 0 Å². The Balaban J connectivity index is 1.63. The fourth-order valence-electron chi connectivity index (χ4n) is 7.05. The lowest BCUT2D eigenvalue weighted by atomic mass is 9.82. The van der Waals surface area contributed by atoms with Gasteiger partial charge >= 0.3 is 5.97 Å². The van der Waals surface area contributed by atoms with E-state index in [1.807, 2.05) is 55.7 Å². The standard InChI is InChI=1S/C44H61F2N7O8/c1-28(55)51-36(13-8-9-20-49-39(57)18-17-35(48)43(60)61)38(56)14-10-21-50-42(59)34(47)19-22-53(40(58)27-54)41(44(2,3)4)37-23-30(32-24-31(45)15-16-33(32)46)26-52(37)25-29-11-6-5-7-12-29/h5-7,11-12,15-16,23-24,26,34-36,41,54H,8-10,13-14,17-22,25,27,47-48H2,1-4H3,(H,49,57)(H,50,59)(H,51,55)(H,60,61)/t34-,35-,36-,41-/m0/s1. The third-order valence-electron chi connectivity index (χ3n) is 10.2. The minimum absolute atomic E-state index is 0.00716. The molecule has 0 fully saturated rings. The van der Waals surface area contributed by atoms with Gasteiger partial charge in [0.25, 0.3) is 0 Å². The fourth-order valence-corrected chi connectivity index (χ4v) is 7.05. The maximum atomic E-state index is 15.1. The van der Waals surface area contributed by atoms with E-state index < -0.39 is 65.6 Å². The highest BCUT2D eigenvalue weighted by molar-refractivity contribution is 5.88. The van der Waals surface area contributed by atoms with Gasteiger partial charge in [0.15, 0.2) is 5.78 Å². The van der Waals surface area contributed by atoms with Gasteiger partial charge in [0, 0.05) is 69.0 Å². The summed E-state index contributed by atoms with van der Waals surface area (Å²) in [7, 11) is 0. The van der Waals surface area contributed by atoms with Crippen molar-refractivity contribution in [1.29, 1.82) is 0 Å². The molecule has 2 aromatic carbocycles. The number of rotatable bonds is 25. The molecule has 0 aliphatic carbocycles. The average molecular weight is 854 g/mol. The number of carboxylic acid groups (broad SMARTS) is 1. The van der Waals surface area contributed by atoms with Crippen molar-refractivity contribution in [2.24, 2.45) is 16.9 Å². The molecule has 0 spiro atoms. The predicted molar refractivity (Wildman–Crippen MR) is 225 cm³/mol. The third-order valence-corrected chi connectivity index (χ3v) is 10.2. The van der Waals surface area contributed by atoms with Crippen LogP contribution in [0.2, 0.25) is 0 Å². The highest BCUT2D eigenvalue weighted by atomic mass is 19.1. The Morgan fingerprint density at radius 3 is 2.18 bits per heavy atom. The van der Waals surface area contributed by atoms with Gasteiger partial charge < -0.3 is 47.1 Å². The summed E-state index contributed by atoms with van der Waals surface area (Å²) in [4.78, 5) is 75.7. The van der Waals surface area contributed by atoms with Crippen LogP contribution in [0, 0.1) is 17.0 Å². The van der Waals surface area contributed by atoms with E-state index in [0.29, 0.717) is 43.6 Å². The van der Waals surface area contributed by atoms with Crippen molar-refractivity contribution in [2.45, 2.75) is 110 Å². The molecular weight excluding hydrogens is 793 g/mol. The van der Waals surface area contributed by atoms with Gasteiger partial charge in [-0.1, -0.05) is 51.1 Å². The van der Waals surface area contributed by atoms with E-state index in [-0.39, 0.29) is 68.4 Å². The number of nitrogens with two attached hydrogens (primary N) is 2. The van der Waals surface area contributed by atoms with E-state index >= 15 is 4.39 Å². The summed E-state index contributed by atoms with van der Waals surface area (Å²) in [5, 5.41) is 27.0. The Morgan fingerprint density at radius 1 is 0.852 bits per heavy atom. The SMILES string of the molecule is CC(=O)N[C@@H](CCCCNC(=O)CC[C@H](N)C(=O)O)C(=O)CCCNC(=O)[C@@H](N)CCN(C(=O)CO)[C@@H](c1cc(-c2cc(F)ccc2F)cn1Cc1ccccc1)C(C)(C)C. The van der Waals surface area contributed by atoms with Gasteiger partial charge in [-0.15, -0.1) is 0 Å². The van der Waals surface area contributed by atoms with E-state index in [0.717, 1.165) is 23.8 Å². The minimum atomic E-state index is -1.18. The van der Waals surface area contributed by atoms with Crippen LogP contribution in [-0.4, -0.2) is 99.4 Å². The number of hydrogen-bond donors (Lipinski definition) is 7. The van der Waals surface area contributed by atoms with Crippen LogP contribution < -0.4 is 27.4 Å². The van der Waals surface area contributed by atoms with Gasteiger partial charge in [0.05, 0.1) is 18.1 Å². The highest BCUT2D eigenvalue weighted by Crippen LogP contribution is 2.41. The second kappa shape index (κ2) is 24.1. The number of carbonyl (C=O) groups is 6. The Kier molecular flexibility index (Phi) is 19.7. The Bertz CT molecular complexity index is 1950. The van der Waals surface area contributed by atoms with Crippen LogP contribution in [0.1, 0.15) is 96.4 Å². The Labute approximate surface area is 355 Å². The molecule has 17 heteroatoms. The zero-order valence-electron chi connectivity index (χ0n) is 35.4. The Hall–Kier alpha value is -5.52. The third kappa shape index (κ3) is 16.1. The Morgan fingerprint density at radius 2 is 1.54 bits per heavy atom. The number of hydrogen-bond acceptors (Lipinski definition) is 9. The van der Waals surface area contributed by atoms with Crippen molar-refractivity contribution in [3.05, 3.63) is 83.7 Å². The number of aliphatic hydroxyl groups is 1. The smallest absolute Gasteiger partial charge is 0.320 e. The number of ketones is 1. The summed E-state index contributed by atoms with van der Waals surface area (Å²) >= 11 is 0. The van der Waals surface area contributed by atoms with Crippen molar-refractivity contribution in [3.8, 4) is 11.1 Å². The quantitative estimate of drug-likeness (QED) is 0.0612. The molecule has 3 rings (SSSR count). The van der Waals surface area contributed by atoms with Crippen molar-refractivity contribution in [1.82, 2.24) is 25.4 Å². The largest absolute Gasteiger partial charge is 0.480 e. The molecule has 4 atom stereocenters. The second-order valence-corrected chi connectivity index (χ2v) is 16.2. The van der Waals surface area contributed by atoms with Gasteiger partial charge in [0.2, 0.25) is 23.6 Å². The lowest BCUT2D eigenvalue weighted by Crippen LogP contribution is -2.47. The normalized spacial score (nSPS) is 13.4. The number of aromatic nitrogens is 1. The van der Waals surface area contributed by atoms with Gasteiger partial charge in [-0.25, -0.2) is 8.78 Å². The first-order chi connectivity index (χ1) is 28.8. The summed E-state index contributed by atoms with van der Waals surface area (Å²) in [6, 6.07) is 10.7. The van der Waals surface area contributed by atoms with Crippen LogP contribution in [0.4, 0.5) is 8.78 Å². The summed E-state index contributed by atoms with van der Waals surface area (Å²) in [5.41, 5.74) is 13.0. The topological polar surface area (TPSA) is 239 Å². The van der Waals surface area contributed by atoms with Crippen LogP contribution in [0.15, 0.2) is 60.8 Å². The summed E-state index contributed by atoms with van der Waals surface area (Å²) in [5.74, 6) is -4.49. The van der Waals surface area contributed by atoms with E-state index in [4.69, 9.17) is 16.6 Å². The van der Waals surface area contributed by atoms with Gasteiger partial charge in [0.1, 0.15) is 24.3 Å².